The lowest BCUT2D eigenvalue weighted by molar-refractivity contribution is -0.126. The van der Waals surface area contributed by atoms with Crippen LogP contribution in [0.25, 0.3) is 0 Å². The Balaban J connectivity index is 2.14. The first kappa shape index (κ1) is 11.4. The van der Waals surface area contributed by atoms with E-state index >= 15 is 0 Å². The molecule has 4 heteroatoms. The second-order valence-electron chi connectivity index (χ2n) is 4.07. The molecule has 1 aromatic rings. The molecule has 88 valence electrons. The lowest BCUT2D eigenvalue weighted by Gasteiger charge is -2.10. The van der Waals surface area contributed by atoms with E-state index in [0.29, 0.717) is 6.54 Å². The normalized spacial score (nSPS) is 14.8. The molecule has 0 saturated carbocycles. The molecule has 0 aliphatic carbocycles. The number of amides is 2. The summed E-state index contributed by atoms with van der Waals surface area (Å²) in [6.07, 6.45) is 1.65. The van der Waals surface area contributed by atoms with Crippen molar-refractivity contribution >= 4 is 17.5 Å². The number of carbonyl (C=O) groups excluding carboxylic acids is 2. The van der Waals surface area contributed by atoms with Gasteiger partial charge in [-0.3, -0.25) is 9.59 Å². The maximum atomic E-state index is 11.9. The molecule has 0 fully saturated rings. The van der Waals surface area contributed by atoms with E-state index in [1.165, 1.54) is 4.90 Å². The van der Waals surface area contributed by atoms with Crippen LogP contribution in [-0.4, -0.2) is 30.3 Å². The van der Waals surface area contributed by atoms with Gasteiger partial charge in [0.25, 0.3) is 11.8 Å². The summed E-state index contributed by atoms with van der Waals surface area (Å²) in [7, 11) is 1.67. The van der Waals surface area contributed by atoms with Crippen molar-refractivity contribution in [2.24, 2.45) is 0 Å². The van der Waals surface area contributed by atoms with Gasteiger partial charge in [-0.2, -0.15) is 0 Å². The topological polar surface area (TPSA) is 49.4 Å². The number of hydrogen-bond acceptors (Lipinski definition) is 2. The highest BCUT2D eigenvalue weighted by molar-refractivity contribution is 6.23. The Hall–Kier alpha value is -2.10. The number of para-hydroxylation sites is 1. The molecule has 0 saturated heterocycles. The molecule has 0 unspecified atom stereocenters. The number of benzene rings is 1. The van der Waals surface area contributed by atoms with E-state index in [1.807, 2.05) is 31.2 Å². The quantitative estimate of drug-likeness (QED) is 0.779. The first-order valence-electron chi connectivity index (χ1n) is 5.42. The van der Waals surface area contributed by atoms with Gasteiger partial charge >= 0.3 is 0 Å². The highest BCUT2D eigenvalue weighted by Gasteiger charge is 2.26. The summed E-state index contributed by atoms with van der Waals surface area (Å²) in [6, 6.07) is 7.47. The van der Waals surface area contributed by atoms with Gasteiger partial charge in [-0.05, 0) is 24.6 Å². The molecule has 0 atom stereocenters. The van der Waals surface area contributed by atoms with Crippen LogP contribution in [0.15, 0.2) is 35.9 Å². The SMILES string of the molecule is Cc1ccccc1NC(=O)C1=CCN(C)C1=O. The third kappa shape index (κ3) is 2.20. The summed E-state index contributed by atoms with van der Waals surface area (Å²) in [5.74, 6) is -0.565. The Kier molecular flexibility index (Phi) is 2.95. The second kappa shape index (κ2) is 4.41. The van der Waals surface area contributed by atoms with Gasteiger partial charge in [-0.15, -0.1) is 0 Å². The molecule has 1 N–H and O–H groups in total. The molecule has 0 spiro atoms. The van der Waals surface area contributed by atoms with Crippen molar-refractivity contribution in [1.29, 1.82) is 0 Å². The summed E-state index contributed by atoms with van der Waals surface area (Å²) >= 11 is 0. The molecule has 1 aromatic carbocycles. The van der Waals surface area contributed by atoms with E-state index in [1.54, 1.807) is 13.1 Å². The lowest BCUT2D eigenvalue weighted by atomic mass is 10.2. The van der Waals surface area contributed by atoms with Gasteiger partial charge in [0.1, 0.15) is 5.57 Å². The molecular formula is C13H14N2O2. The van der Waals surface area contributed by atoms with Crippen molar-refractivity contribution in [2.75, 3.05) is 18.9 Å². The van der Waals surface area contributed by atoms with Gasteiger partial charge < -0.3 is 10.2 Å². The van der Waals surface area contributed by atoms with Crippen molar-refractivity contribution in [3.63, 3.8) is 0 Å². The number of likely N-dealkylation sites (N-methyl/N-ethyl adjacent to an activating group) is 1. The minimum atomic E-state index is -0.339. The van der Waals surface area contributed by atoms with Crippen molar-refractivity contribution in [2.45, 2.75) is 6.92 Å². The molecule has 2 amide bonds. The Morgan fingerprint density at radius 1 is 1.35 bits per heavy atom. The van der Waals surface area contributed by atoms with Gasteiger partial charge in [0, 0.05) is 19.3 Å². The number of rotatable bonds is 2. The van der Waals surface area contributed by atoms with Crippen LogP contribution in [0.4, 0.5) is 5.69 Å². The van der Waals surface area contributed by atoms with Crippen LogP contribution in [0.2, 0.25) is 0 Å². The smallest absolute Gasteiger partial charge is 0.261 e. The maximum absolute atomic E-state index is 11.9. The fourth-order valence-corrected chi connectivity index (χ4v) is 1.70. The van der Waals surface area contributed by atoms with Gasteiger partial charge in [0.05, 0.1) is 0 Å². The highest BCUT2D eigenvalue weighted by atomic mass is 16.2. The molecule has 1 aliphatic heterocycles. The summed E-state index contributed by atoms with van der Waals surface area (Å²) in [5, 5.41) is 2.75. The largest absolute Gasteiger partial charge is 0.338 e. The van der Waals surface area contributed by atoms with Crippen LogP contribution in [0.3, 0.4) is 0 Å². The highest BCUT2D eigenvalue weighted by Crippen LogP contribution is 2.16. The number of carbonyl (C=O) groups is 2. The molecule has 0 aromatic heterocycles. The molecule has 4 nitrogen and oxygen atoms in total. The van der Waals surface area contributed by atoms with E-state index in [-0.39, 0.29) is 17.4 Å². The van der Waals surface area contributed by atoms with Gasteiger partial charge in [0.15, 0.2) is 0 Å². The molecule has 2 rings (SSSR count). The standard InChI is InChI=1S/C13H14N2O2/c1-9-5-3-4-6-11(9)14-12(16)10-7-8-15(2)13(10)17/h3-7H,8H2,1-2H3,(H,14,16). The molecule has 0 bridgehead atoms. The third-order valence-electron chi connectivity index (χ3n) is 2.78. The summed E-state index contributed by atoms with van der Waals surface area (Å²) < 4.78 is 0. The zero-order valence-corrected chi connectivity index (χ0v) is 9.86. The second-order valence-corrected chi connectivity index (χ2v) is 4.07. The van der Waals surface area contributed by atoms with Crippen molar-refractivity contribution in [1.82, 2.24) is 4.90 Å². The monoisotopic (exact) mass is 230 g/mol. The van der Waals surface area contributed by atoms with Crippen molar-refractivity contribution in [3.05, 3.63) is 41.5 Å². The number of nitrogens with zero attached hydrogens (tertiary/aromatic N) is 1. The van der Waals surface area contributed by atoms with Gasteiger partial charge in [-0.25, -0.2) is 0 Å². The number of aryl methyl sites for hydroxylation is 1. The van der Waals surface area contributed by atoms with Crippen LogP contribution in [0, 0.1) is 6.92 Å². The Morgan fingerprint density at radius 3 is 2.65 bits per heavy atom. The molecule has 1 aliphatic rings. The zero-order valence-electron chi connectivity index (χ0n) is 9.86. The van der Waals surface area contributed by atoms with Crippen LogP contribution < -0.4 is 5.32 Å². The van der Waals surface area contributed by atoms with Gasteiger partial charge in [-0.1, -0.05) is 18.2 Å². The molecule has 0 radical (unpaired) electrons. The van der Waals surface area contributed by atoms with Gasteiger partial charge in [0.2, 0.25) is 0 Å². The van der Waals surface area contributed by atoms with Crippen LogP contribution in [0.1, 0.15) is 5.56 Å². The summed E-state index contributed by atoms with van der Waals surface area (Å²) in [6.45, 7) is 2.40. The first-order valence-corrected chi connectivity index (χ1v) is 5.42. The minimum absolute atomic E-state index is 0.218. The Bertz CT molecular complexity index is 506. The van der Waals surface area contributed by atoms with E-state index < -0.39 is 0 Å². The maximum Gasteiger partial charge on any atom is 0.261 e. The fourth-order valence-electron chi connectivity index (χ4n) is 1.70. The van der Waals surface area contributed by atoms with E-state index in [4.69, 9.17) is 0 Å². The lowest BCUT2D eigenvalue weighted by Crippen LogP contribution is -2.27. The molecular weight excluding hydrogens is 216 g/mol. The average Bonchev–Trinajstić information content (AvgIpc) is 2.63. The Labute approximate surface area is 99.9 Å². The predicted molar refractivity (Wildman–Crippen MR) is 65.5 cm³/mol. The molecule has 1 heterocycles. The van der Waals surface area contributed by atoms with Crippen LogP contribution >= 0.6 is 0 Å². The first-order chi connectivity index (χ1) is 8.09. The van der Waals surface area contributed by atoms with E-state index in [0.717, 1.165) is 11.3 Å². The average molecular weight is 230 g/mol. The van der Waals surface area contributed by atoms with Crippen molar-refractivity contribution < 1.29 is 9.59 Å². The van der Waals surface area contributed by atoms with E-state index in [2.05, 4.69) is 5.32 Å². The molecule has 17 heavy (non-hydrogen) atoms. The zero-order chi connectivity index (χ0) is 12.4. The van der Waals surface area contributed by atoms with Crippen LogP contribution in [-0.2, 0) is 9.59 Å². The number of anilines is 1. The fraction of sp³-hybridized carbons (Fsp3) is 0.231. The third-order valence-corrected chi connectivity index (χ3v) is 2.78. The summed E-state index contributed by atoms with van der Waals surface area (Å²) in [4.78, 5) is 25.0. The number of nitrogens with one attached hydrogen (secondary N) is 1. The van der Waals surface area contributed by atoms with Crippen molar-refractivity contribution in [3.8, 4) is 0 Å². The van der Waals surface area contributed by atoms with E-state index in [9.17, 15) is 9.59 Å². The van der Waals surface area contributed by atoms with Crippen LogP contribution in [0.5, 0.6) is 0 Å². The number of hydrogen-bond donors (Lipinski definition) is 1. The Morgan fingerprint density at radius 2 is 2.06 bits per heavy atom. The summed E-state index contributed by atoms with van der Waals surface area (Å²) in [5.41, 5.74) is 1.93. The minimum Gasteiger partial charge on any atom is -0.338 e. The predicted octanol–water partition coefficient (Wildman–Crippen LogP) is 1.33.